The van der Waals surface area contributed by atoms with Gasteiger partial charge in [0.25, 0.3) is 0 Å². The van der Waals surface area contributed by atoms with Gasteiger partial charge in [-0.3, -0.25) is 0 Å². The van der Waals surface area contributed by atoms with Crippen LogP contribution in [0, 0.1) is 11.8 Å². The van der Waals surface area contributed by atoms with E-state index in [4.69, 9.17) is 17.3 Å². The fraction of sp³-hybridized carbons (Fsp3) is 0.333. The molecule has 4 nitrogen and oxygen atoms in total. The van der Waals surface area contributed by atoms with Gasteiger partial charge in [-0.15, -0.1) is 0 Å². The number of hydrogen-bond acceptors (Lipinski definition) is 3. The summed E-state index contributed by atoms with van der Waals surface area (Å²) in [6.45, 7) is 3.73. The molecule has 0 radical (unpaired) electrons. The van der Waals surface area contributed by atoms with Crippen LogP contribution in [0.2, 0.25) is 5.02 Å². The van der Waals surface area contributed by atoms with Crippen molar-refractivity contribution in [2.75, 3.05) is 6.54 Å². The Hall–Kier alpha value is -1.06. The fourth-order valence-electron chi connectivity index (χ4n) is 1.32. The Morgan fingerprint density at radius 3 is 2.61 bits per heavy atom. The van der Waals surface area contributed by atoms with E-state index >= 15 is 0 Å². The largest absolute Gasteiger partial charge is 0.320 e. The molecule has 0 aliphatic heterocycles. The molecule has 0 aliphatic rings. The van der Waals surface area contributed by atoms with E-state index in [0.29, 0.717) is 5.56 Å². The van der Waals surface area contributed by atoms with Crippen molar-refractivity contribution in [1.82, 2.24) is 4.72 Å². The molecule has 0 aliphatic carbocycles. The fourth-order valence-corrected chi connectivity index (χ4v) is 3.12. The lowest BCUT2D eigenvalue weighted by molar-refractivity contribution is 0.570. The minimum absolute atomic E-state index is 0.0520. The van der Waals surface area contributed by atoms with Crippen LogP contribution in [0.5, 0.6) is 0 Å². The Bertz CT molecular complexity index is 586. The summed E-state index contributed by atoms with van der Waals surface area (Å²) in [7, 11) is -3.58. The molecule has 0 spiro atoms. The summed E-state index contributed by atoms with van der Waals surface area (Å²) in [6, 6.07) is 4.36. The molecule has 0 heterocycles. The first-order valence-corrected chi connectivity index (χ1v) is 7.23. The Kier molecular flexibility index (Phi) is 5.17. The van der Waals surface area contributed by atoms with E-state index in [-0.39, 0.29) is 22.5 Å². The average Bonchev–Trinajstić information content (AvgIpc) is 2.24. The van der Waals surface area contributed by atoms with Crippen LogP contribution < -0.4 is 10.5 Å². The maximum atomic E-state index is 11.9. The monoisotopic (exact) mass is 286 g/mol. The minimum Gasteiger partial charge on any atom is -0.320 e. The summed E-state index contributed by atoms with van der Waals surface area (Å²) in [5, 5.41) is 0.145. The maximum Gasteiger partial charge on any atom is 0.242 e. The van der Waals surface area contributed by atoms with Crippen LogP contribution in [-0.4, -0.2) is 21.0 Å². The van der Waals surface area contributed by atoms with E-state index in [1.54, 1.807) is 19.9 Å². The molecule has 1 rings (SSSR count). The number of sulfonamides is 1. The maximum absolute atomic E-state index is 11.9. The topological polar surface area (TPSA) is 72.2 Å². The molecular weight excluding hydrogens is 272 g/mol. The van der Waals surface area contributed by atoms with E-state index in [0.717, 1.165) is 0 Å². The average molecular weight is 287 g/mol. The summed E-state index contributed by atoms with van der Waals surface area (Å²) in [4.78, 5) is 0.0520. The smallest absolute Gasteiger partial charge is 0.242 e. The van der Waals surface area contributed by atoms with Gasteiger partial charge in [0.05, 0.1) is 11.6 Å². The quantitative estimate of drug-likeness (QED) is 0.824. The van der Waals surface area contributed by atoms with Crippen molar-refractivity contribution in [3.05, 3.63) is 28.8 Å². The zero-order chi connectivity index (χ0) is 13.8. The van der Waals surface area contributed by atoms with Crippen LogP contribution in [-0.2, 0) is 10.0 Å². The molecule has 1 aromatic carbocycles. The Balaban J connectivity index is 3.13. The minimum atomic E-state index is -3.58. The molecule has 0 fully saturated rings. The van der Waals surface area contributed by atoms with Crippen LogP contribution in [0.3, 0.4) is 0 Å². The van der Waals surface area contributed by atoms with Crippen molar-refractivity contribution >= 4 is 21.6 Å². The molecule has 0 atom stereocenters. The van der Waals surface area contributed by atoms with E-state index in [9.17, 15) is 8.42 Å². The lowest BCUT2D eigenvalue weighted by Gasteiger charge is -2.10. The highest BCUT2D eigenvalue weighted by atomic mass is 35.5. The van der Waals surface area contributed by atoms with Gasteiger partial charge in [-0.25, -0.2) is 13.1 Å². The lowest BCUT2D eigenvalue weighted by atomic mass is 10.2. The zero-order valence-electron chi connectivity index (χ0n) is 10.2. The third kappa shape index (κ3) is 4.00. The molecule has 6 heteroatoms. The van der Waals surface area contributed by atoms with Crippen LogP contribution in [0.1, 0.15) is 19.4 Å². The van der Waals surface area contributed by atoms with Gasteiger partial charge in [0.2, 0.25) is 10.0 Å². The molecule has 1 aromatic rings. The Morgan fingerprint density at radius 1 is 1.44 bits per heavy atom. The van der Waals surface area contributed by atoms with E-state index in [1.165, 1.54) is 12.1 Å². The summed E-state index contributed by atoms with van der Waals surface area (Å²) >= 11 is 5.96. The Labute approximate surface area is 113 Å². The first-order chi connectivity index (χ1) is 8.36. The molecule has 0 saturated heterocycles. The molecule has 3 N–H and O–H groups in total. The van der Waals surface area contributed by atoms with Gasteiger partial charge in [0.1, 0.15) is 4.90 Å². The summed E-state index contributed by atoms with van der Waals surface area (Å²) in [5.41, 5.74) is 5.89. The molecule has 98 valence electrons. The first kappa shape index (κ1) is 15.0. The molecule has 0 bridgehead atoms. The third-order valence-electron chi connectivity index (χ3n) is 1.95. The van der Waals surface area contributed by atoms with Crippen molar-refractivity contribution in [1.29, 1.82) is 0 Å². The summed E-state index contributed by atoms with van der Waals surface area (Å²) < 4.78 is 26.3. The van der Waals surface area contributed by atoms with Gasteiger partial charge < -0.3 is 5.73 Å². The second kappa shape index (κ2) is 6.21. The zero-order valence-corrected chi connectivity index (χ0v) is 11.8. The van der Waals surface area contributed by atoms with Crippen molar-refractivity contribution in [2.24, 2.45) is 5.73 Å². The number of rotatable bonds is 3. The normalized spacial score (nSPS) is 11.2. The number of halogens is 1. The highest BCUT2D eigenvalue weighted by Crippen LogP contribution is 2.22. The second-order valence-electron chi connectivity index (χ2n) is 3.93. The van der Waals surface area contributed by atoms with Gasteiger partial charge in [0.15, 0.2) is 0 Å². The summed E-state index contributed by atoms with van der Waals surface area (Å²) in [5.74, 6) is 5.47. The van der Waals surface area contributed by atoms with E-state index in [2.05, 4.69) is 16.6 Å². The van der Waals surface area contributed by atoms with Crippen molar-refractivity contribution < 1.29 is 8.42 Å². The SMILES string of the molecule is CC(C)NS(=O)(=O)c1ccc(C#CCN)cc1Cl. The molecule has 0 amide bonds. The Morgan fingerprint density at radius 2 is 2.11 bits per heavy atom. The van der Waals surface area contributed by atoms with Gasteiger partial charge in [-0.1, -0.05) is 23.4 Å². The molecule has 0 aromatic heterocycles. The third-order valence-corrected chi connectivity index (χ3v) is 4.09. The number of nitrogens with one attached hydrogen (secondary N) is 1. The van der Waals surface area contributed by atoms with Gasteiger partial charge in [0, 0.05) is 11.6 Å². The van der Waals surface area contributed by atoms with Crippen LogP contribution >= 0.6 is 11.6 Å². The van der Waals surface area contributed by atoms with E-state index < -0.39 is 10.0 Å². The molecule has 0 unspecified atom stereocenters. The number of hydrogen-bond donors (Lipinski definition) is 2. The standard InChI is InChI=1S/C12H15ClN2O2S/c1-9(2)15-18(16,17)12-6-5-10(4-3-7-14)8-11(12)13/h5-6,8-9,15H,7,14H2,1-2H3. The first-order valence-electron chi connectivity index (χ1n) is 5.37. The van der Waals surface area contributed by atoms with Crippen molar-refractivity contribution in [3.63, 3.8) is 0 Å². The predicted molar refractivity (Wildman–Crippen MR) is 72.8 cm³/mol. The van der Waals surface area contributed by atoms with Crippen molar-refractivity contribution in [3.8, 4) is 11.8 Å². The van der Waals surface area contributed by atoms with Crippen molar-refractivity contribution in [2.45, 2.75) is 24.8 Å². The lowest BCUT2D eigenvalue weighted by Crippen LogP contribution is -2.30. The molecule has 0 saturated carbocycles. The van der Waals surface area contributed by atoms with Crippen LogP contribution in [0.25, 0.3) is 0 Å². The molecular formula is C12H15ClN2O2S. The molecule has 18 heavy (non-hydrogen) atoms. The van der Waals surface area contributed by atoms with Crippen LogP contribution in [0.15, 0.2) is 23.1 Å². The number of nitrogens with two attached hydrogens (primary N) is 1. The highest BCUT2D eigenvalue weighted by Gasteiger charge is 2.18. The predicted octanol–water partition coefficient (Wildman–Crippen LogP) is 1.34. The van der Waals surface area contributed by atoms with E-state index in [1.807, 2.05) is 0 Å². The number of benzene rings is 1. The highest BCUT2D eigenvalue weighted by molar-refractivity contribution is 7.89. The van der Waals surface area contributed by atoms with Gasteiger partial charge >= 0.3 is 0 Å². The van der Waals surface area contributed by atoms with Gasteiger partial charge in [-0.2, -0.15) is 0 Å². The van der Waals surface area contributed by atoms with Gasteiger partial charge in [-0.05, 0) is 32.0 Å². The second-order valence-corrected chi connectivity index (χ2v) is 6.02. The summed E-state index contributed by atoms with van der Waals surface area (Å²) in [6.07, 6.45) is 0. The van der Waals surface area contributed by atoms with Crippen LogP contribution in [0.4, 0.5) is 0 Å².